The summed E-state index contributed by atoms with van der Waals surface area (Å²) in [5, 5.41) is 4.64. The number of hydrogen-bond donors (Lipinski definition) is 1. The molecular weight excluding hydrogens is 308 g/mol. The van der Waals surface area contributed by atoms with Gasteiger partial charge in [0.15, 0.2) is 0 Å². The van der Waals surface area contributed by atoms with E-state index in [2.05, 4.69) is 5.32 Å². The van der Waals surface area contributed by atoms with Gasteiger partial charge in [0.25, 0.3) is 5.56 Å². The molecule has 4 nitrogen and oxygen atoms in total. The lowest BCUT2D eigenvalue weighted by Crippen LogP contribution is -2.26. The number of pyridine rings is 1. The normalized spacial score (nSPS) is 10.4. The maximum Gasteiger partial charge on any atom is 0.274 e. The third-order valence-electron chi connectivity index (χ3n) is 3.40. The van der Waals surface area contributed by atoms with Gasteiger partial charge in [0.2, 0.25) is 5.91 Å². The number of rotatable bonds is 5. The number of benzene rings is 1. The molecule has 1 amide bonds. The molecule has 0 atom stereocenters. The molecule has 1 aromatic carbocycles. The van der Waals surface area contributed by atoms with Gasteiger partial charge < -0.3 is 9.88 Å². The number of hydrogen-bond acceptors (Lipinski definition) is 3. The molecule has 23 heavy (non-hydrogen) atoms. The van der Waals surface area contributed by atoms with Gasteiger partial charge in [0.1, 0.15) is 5.69 Å². The van der Waals surface area contributed by atoms with Crippen LogP contribution < -0.4 is 10.9 Å². The lowest BCUT2D eigenvalue weighted by Gasteiger charge is -2.09. The molecule has 3 aromatic rings. The summed E-state index contributed by atoms with van der Waals surface area (Å²) in [6, 6.07) is 17.0. The van der Waals surface area contributed by atoms with E-state index < -0.39 is 0 Å². The monoisotopic (exact) mass is 324 g/mol. The summed E-state index contributed by atoms with van der Waals surface area (Å²) in [5.74, 6) is -0.179. The summed E-state index contributed by atoms with van der Waals surface area (Å²) in [6.07, 6.45) is 2.01. The zero-order chi connectivity index (χ0) is 16.1. The van der Waals surface area contributed by atoms with E-state index >= 15 is 0 Å². The molecule has 0 aliphatic heterocycles. The van der Waals surface area contributed by atoms with Gasteiger partial charge in [-0.1, -0.05) is 36.4 Å². The third kappa shape index (κ3) is 3.96. The summed E-state index contributed by atoms with van der Waals surface area (Å²) >= 11 is 1.53. The molecule has 2 aromatic heterocycles. The minimum Gasteiger partial charge on any atom is -0.321 e. The molecule has 0 saturated heterocycles. The number of carbonyl (C=O) groups excluding carboxylic acids is 1. The molecule has 0 saturated carbocycles. The zero-order valence-electron chi connectivity index (χ0n) is 12.4. The number of anilines is 1. The van der Waals surface area contributed by atoms with Crippen LogP contribution in [-0.4, -0.2) is 10.5 Å². The fraction of sp³-hybridized carbons (Fsp3) is 0.111. The van der Waals surface area contributed by atoms with Crippen LogP contribution in [0.25, 0.3) is 0 Å². The first-order valence-electron chi connectivity index (χ1n) is 7.28. The summed E-state index contributed by atoms with van der Waals surface area (Å²) in [4.78, 5) is 25.5. The average molecular weight is 324 g/mol. The van der Waals surface area contributed by atoms with Crippen molar-refractivity contribution in [2.45, 2.75) is 13.0 Å². The molecule has 0 unspecified atom stereocenters. The highest BCUT2D eigenvalue weighted by molar-refractivity contribution is 7.10. The van der Waals surface area contributed by atoms with Crippen LogP contribution in [0.15, 0.2) is 71.0 Å². The van der Waals surface area contributed by atoms with E-state index in [1.54, 1.807) is 22.9 Å². The Balaban J connectivity index is 1.74. The molecule has 2 heterocycles. The largest absolute Gasteiger partial charge is 0.321 e. The number of nitrogens with zero attached hydrogens (tertiary/aromatic N) is 1. The fourth-order valence-corrected chi connectivity index (χ4v) is 3.01. The standard InChI is InChI=1S/C18H16N2O2S/c21-17(12-15-8-5-11-23-15)19-16-9-4-10-20(18(16)22)13-14-6-2-1-3-7-14/h1-11H,12-13H2,(H,19,21). The van der Waals surface area contributed by atoms with E-state index in [0.717, 1.165) is 10.4 Å². The minimum atomic E-state index is -0.198. The first kappa shape index (κ1) is 15.2. The van der Waals surface area contributed by atoms with Gasteiger partial charge >= 0.3 is 0 Å². The van der Waals surface area contributed by atoms with Crippen LogP contribution in [0.1, 0.15) is 10.4 Å². The van der Waals surface area contributed by atoms with Crippen LogP contribution in [0.5, 0.6) is 0 Å². The molecule has 0 aliphatic carbocycles. The smallest absolute Gasteiger partial charge is 0.274 e. The maximum atomic E-state index is 12.5. The molecular formula is C18H16N2O2S. The van der Waals surface area contributed by atoms with Crippen molar-refractivity contribution in [3.8, 4) is 0 Å². The molecule has 5 heteroatoms. The van der Waals surface area contributed by atoms with E-state index in [-0.39, 0.29) is 17.9 Å². The highest BCUT2D eigenvalue weighted by Crippen LogP contribution is 2.10. The predicted molar refractivity (Wildman–Crippen MR) is 92.9 cm³/mol. The van der Waals surface area contributed by atoms with E-state index in [4.69, 9.17) is 0 Å². The first-order chi connectivity index (χ1) is 11.2. The van der Waals surface area contributed by atoms with E-state index in [0.29, 0.717) is 12.2 Å². The van der Waals surface area contributed by atoms with Crippen LogP contribution in [0.3, 0.4) is 0 Å². The Bertz CT molecular complexity index is 839. The summed E-state index contributed by atoms with van der Waals surface area (Å²) < 4.78 is 1.59. The van der Waals surface area contributed by atoms with Crippen molar-refractivity contribution in [3.05, 3.63) is 87.0 Å². The van der Waals surface area contributed by atoms with Gasteiger partial charge in [0.05, 0.1) is 13.0 Å². The summed E-state index contributed by atoms with van der Waals surface area (Å²) in [6.45, 7) is 0.480. The highest BCUT2D eigenvalue weighted by atomic mass is 32.1. The zero-order valence-corrected chi connectivity index (χ0v) is 13.3. The Morgan fingerprint density at radius 1 is 1.04 bits per heavy atom. The van der Waals surface area contributed by atoms with Crippen molar-refractivity contribution in [2.75, 3.05) is 5.32 Å². The molecule has 0 bridgehead atoms. The van der Waals surface area contributed by atoms with E-state index in [1.807, 2.05) is 47.8 Å². The number of thiophene rings is 1. The van der Waals surface area contributed by atoms with Crippen LogP contribution in [-0.2, 0) is 17.8 Å². The lowest BCUT2D eigenvalue weighted by molar-refractivity contribution is -0.115. The number of carbonyl (C=O) groups is 1. The molecule has 0 spiro atoms. The van der Waals surface area contributed by atoms with Crippen LogP contribution in [0.2, 0.25) is 0 Å². The van der Waals surface area contributed by atoms with Gasteiger partial charge in [-0.25, -0.2) is 0 Å². The van der Waals surface area contributed by atoms with Crippen molar-refractivity contribution in [1.29, 1.82) is 0 Å². The molecule has 1 N–H and O–H groups in total. The topological polar surface area (TPSA) is 51.1 Å². The molecule has 0 aliphatic rings. The molecule has 0 fully saturated rings. The molecule has 3 rings (SSSR count). The maximum absolute atomic E-state index is 12.5. The van der Waals surface area contributed by atoms with Crippen LogP contribution >= 0.6 is 11.3 Å². The molecule has 0 radical (unpaired) electrons. The fourth-order valence-electron chi connectivity index (χ4n) is 2.30. The lowest BCUT2D eigenvalue weighted by atomic mass is 10.2. The second-order valence-corrected chi connectivity index (χ2v) is 6.18. The van der Waals surface area contributed by atoms with Crippen molar-refractivity contribution in [2.24, 2.45) is 0 Å². The van der Waals surface area contributed by atoms with Crippen molar-refractivity contribution in [3.63, 3.8) is 0 Å². The van der Waals surface area contributed by atoms with Gasteiger partial charge in [-0.15, -0.1) is 11.3 Å². The van der Waals surface area contributed by atoms with E-state index in [9.17, 15) is 9.59 Å². The second-order valence-electron chi connectivity index (χ2n) is 5.14. The van der Waals surface area contributed by atoms with E-state index in [1.165, 1.54) is 11.3 Å². The summed E-state index contributed by atoms with van der Waals surface area (Å²) in [7, 11) is 0. The number of aromatic nitrogens is 1. The average Bonchev–Trinajstić information content (AvgIpc) is 3.05. The number of nitrogens with one attached hydrogen (secondary N) is 1. The van der Waals surface area contributed by atoms with Gasteiger partial charge in [-0.2, -0.15) is 0 Å². The highest BCUT2D eigenvalue weighted by Gasteiger charge is 2.09. The third-order valence-corrected chi connectivity index (χ3v) is 4.28. The predicted octanol–water partition coefficient (Wildman–Crippen LogP) is 3.14. The van der Waals surface area contributed by atoms with Crippen molar-refractivity contribution < 1.29 is 4.79 Å². The Labute approximate surface area is 138 Å². The van der Waals surface area contributed by atoms with Gasteiger partial charge in [-0.05, 0) is 29.1 Å². The minimum absolute atomic E-state index is 0.179. The quantitative estimate of drug-likeness (QED) is 0.784. The Kier molecular flexibility index (Phi) is 4.68. The second kappa shape index (κ2) is 7.07. The Hall–Kier alpha value is -2.66. The summed E-state index contributed by atoms with van der Waals surface area (Å²) in [5.41, 5.74) is 1.15. The number of amides is 1. The Morgan fingerprint density at radius 2 is 1.87 bits per heavy atom. The SMILES string of the molecule is O=C(Cc1cccs1)Nc1cccn(Cc2ccccc2)c1=O. The van der Waals surface area contributed by atoms with Crippen LogP contribution in [0.4, 0.5) is 5.69 Å². The van der Waals surface area contributed by atoms with Crippen molar-refractivity contribution in [1.82, 2.24) is 4.57 Å². The molecule has 116 valence electrons. The van der Waals surface area contributed by atoms with Gasteiger partial charge in [0, 0.05) is 11.1 Å². The van der Waals surface area contributed by atoms with Crippen LogP contribution in [0, 0.1) is 0 Å². The van der Waals surface area contributed by atoms with Crippen molar-refractivity contribution >= 4 is 22.9 Å². The van der Waals surface area contributed by atoms with Gasteiger partial charge in [-0.3, -0.25) is 9.59 Å². The first-order valence-corrected chi connectivity index (χ1v) is 8.16. The Morgan fingerprint density at radius 3 is 2.61 bits per heavy atom.